The molecule has 1 aliphatic heterocycles. The summed E-state index contributed by atoms with van der Waals surface area (Å²) in [4.78, 5) is 23.3. The molecule has 0 aliphatic carbocycles. The molecule has 3 rings (SSSR count). The second-order valence-corrected chi connectivity index (χ2v) is 7.88. The van der Waals surface area contributed by atoms with E-state index in [1.54, 1.807) is 11.8 Å². The molecule has 1 unspecified atom stereocenters. The Morgan fingerprint density at radius 2 is 2.00 bits per heavy atom. The maximum Gasteiger partial charge on any atom is 0.220 e. The fourth-order valence-electron chi connectivity index (χ4n) is 3.50. The number of thioether (sulfide) groups is 1. The lowest BCUT2D eigenvalue weighted by Gasteiger charge is -2.32. The maximum absolute atomic E-state index is 12.1. The van der Waals surface area contributed by atoms with Crippen molar-refractivity contribution in [1.82, 2.24) is 20.2 Å². The molecule has 0 radical (unpaired) electrons. The highest BCUT2D eigenvalue weighted by Crippen LogP contribution is 2.18. The lowest BCUT2D eigenvalue weighted by atomic mass is 9.97. The van der Waals surface area contributed by atoms with E-state index in [0.29, 0.717) is 12.3 Å². The van der Waals surface area contributed by atoms with Gasteiger partial charge in [-0.05, 0) is 43.5 Å². The molecule has 6 heteroatoms. The van der Waals surface area contributed by atoms with E-state index in [1.165, 1.54) is 18.4 Å². The average molecular weight is 385 g/mol. The van der Waals surface area contributed by atoms with Gasteiger partial charge in [-0.15, -0.1) is 0 Å². The minimum atomic E-state index is 0.150. The summed E-state index contributed by atoms with van der Waals surface area (Å²) in [5.74, 6) is 0.669. The van der Waals surface area contributed by atoms with E-state index in [-0.39, 0.29) is 5.91 Å². The van der Waals surface area contributed by atoms with Crippen molar-refractivity contribution in [1.29, 1.82) is 0 Å². The van der Waals surface area contributed by atoms with Crippen LogP contribution < -0.4 is 5.32 Å². The normalized spacial score (nSPS) is 17.6. The van der Waals surface area contributed by atoms with E-state index in [0.717, 1.165) is 43.3 Å². The van der Waals surface area contributed by atoms with Gasteiger partial charge in [0.2, 0.25) is 5.91 Å². The average Bonchev–Trinajstić information content (AvgIpc) is 2.72. The van der Waals surface area contributed by atoms with E-state index in [4.69, 9.17) is 0 Å². The van der Waals surface area contributed by atoms with E-state index in [9.17, 15) is 4.79 Å². The van der Waals surface area contributed by atoms with Crippen LogP contribution in [0.4, 0.5) is 0 Å². The zero-order valence-corrected chi connectivity index (χ0v) is 16.8. The fourth-order valence-corrected chi connectivity index (χ4v) is 3.82. The molecule has 144 valence electrons. The van der Waals surface area contributed by atoms with E-state index in [1.807, 2.05) is 36.8 Å². The molecule has 27 heavy (non-hydrogen) atoms. The highest BCUT2D eigenvalue weighted by molar-refractivity contribution is 7.98. The second-order valence-electron chi connectivity index (χ2n) is 7.11. The van der Waals surface area contributed by atoms with Gasteiger partial charge in [-0.2, -0.15) is 0 Å². The van der Waals surface area contributed by atoms with Crippen molar-refractivity contribution in [2.45, 2.75) is 37.4 Å². The monoisotopic (exact) mass is 384 g/mol. The molecule has 0 saturated carbocycles. The number of nitrogens with zero attached hydrogens (tertiary/aromatic N) is 3. The van der Waals surface area contributed by atoms with Crippen LogP contribution in [-0.2, 0) is 17.8 Å². The van der Waals surface area contributed by atoms with Crippen LogP contribution in [0.5, 0.6) is 0 Å². The first-order valence-electron chi connectivity index (χ1n) is 9.61. The molecule has 1 aromatic heterocycles. The quantitative estimate of drug-likeness (QED) is 0.560. The van der Waals surface area contributed by atoms with Crippen molar-refractivity contribution in [3.05, 3.63) is 53.9 Å². The van der Waals surface area contributed by atoms with Crippen molar-refractivity contribution in [2.75, 3.05) is 25.9 Å². The number of carbonyl (C=O) groups is 1. The zero-order valence-electron chi connectivity index (χ0n) is 15.9. The molecule has 0 bridgehead atoms. The molecular formula is C21H28N4OS. The number of aromatic nitrogens is 2. The Kier molecular flexibility index (Phi) is 7.66. The number of likely N-dealkylation sites (tertiary alicyclic amines) is 1. The molecule has 0 spiro atoms. The molecule has 5 nitrogen and oxygen atoms in total. The smallest absolute Gasteiger partial charge is 0.220 e. The predicted molar refractivity (Wildman–Crippen MR) is 110 cm³/mol. The molecule has 2 heterocycles. The molecule has 1 fully saturated rings. The van der Waals surface area contributed by atoms with Crippen LogP contribution >= 0.6 is 11.8 Å². The first-order chi connectivity index (χ1) is 13.2. The number of hydrogen-bond acceptors (Lipinski definition) is 5. The van der Waals surface area contributed by atoms with E-state index < -0.39 is 0 Å². The number of benzene rings is 1. The molecule has 1 amide bonds. The number of aryl methyl sites for hydroxylation is 1. The maximum atomic E-state index is 12.1. The van der Waals surface area contributed by atoms with E-state index >= 15 is 0 Å². The number of hydrogen-bond donors (Lipinski definition) is 1. The number of nitrogens with one attached hydrogen (secondary N) is 1. The van der Waals surface area contributed by atoms with Crippen LogP contribution in [0.2, 0.25) is 0 Å². The highest BCUT2D eigenvalue weighted by atomic mass is 32.2. The molecule has 2 aromatic rings. The van der Waals surface area contributed by atoms with Crippen molar-refractivity contribution in [2.24, 2.45) is 5.92 Å². The Balaban J connectivity index is 1.39. The topological polar surface area (TPSA) is 58.1 Å². The first-order valence-corrected chi connectivity index (χ1v) is 10.8. The molecule has 1 saturated heterocycles. The molecule has 1 aliphatic rings. The number of rotatable bonds is 8. The Hall–Kier alpha value is -1.92. The van der Waals surface area contributed by atoms with Gasteiger partial charge in [0, 0.05) is 44.0 Å². The summed E-state index contributed by atoms with van der Waals surface area (Å²) in [7, 11) is 0. The Morgan fingerprint density at radius 1 is 1.22 bits per heavy atom. The Labute approximate surface area is 166 Å². The lowest BCUT2D eigenvalue weighted by molar-refractivity contribution is -0.121. The SMILES string of the molecule is CSc1ncc(CN2CCCC(CNC(=O)CCc3ccccc3)C2)cn1. The molecule has 1 atom stereocenters. The van der Waals surface area contributed by atoms with Crippen LogP contribution in [0.3, 0.4) is 0 Å². The number of amides is 1. The van der Waals surface area contributed by atoms with Gasteiger partial charge >= 0.3 is 0 Å². The van der Waals surface area contributed by atoms with Crippen LogP contribution in [0.25, 0.3) is 0 Å². The third-order valence-electron chi connectivity index (χ3n) is 4.94. The third-order valence-corrected chi connectivity index (χ3v) is 5.52. The summed E-state index contributed by atoms with van der Waals surface area (Å²) in [5, 5.41) is 3.94. The van der Waals surface area contributed by atoms with Crippen molar-refractivity contribution in [3.8, 4) is 0 Å². The van der Waals surface area contributed by atoms with Gasteiger partial charge in [0.1, 0.15) is 0 Å². The summed E-state index contributed by atoms with van der Waals surface area (Å²) < 4.78 is 0. The summed E-state index contributed by atoms with van der Waals surface area (Å²) in [5.41, 5.74) is 2.37. The van der Waals surface area contributed by atoms with Gasteiger partial charge in [-0.3, -0.25) is 9.69 Å². The minimum Gasteiger partial charge on any atom is -0.356 e. The second kappa shape index (κ2) is 10.4. The van der Waals surface area contributed by atoms with Gasteiger partial charge in [0.05, 0.1) is 0 Å². The molecular weight excluding hydrogens is 356 g/mol. The van der Waals surface area contributed by atoms with Crippen LogP contribution in [0.1, 0.15) is 30.4 Å². The van der Waals surface area contributed by atoms with Crippen LogP contribution in [0.15, 0.2) is 47.9 Å². The number of piperidine rings is 1. The predicted octanol–water partition coefficient (Wildman–Crippen LogP) is 3.16. The first kappa shape index (κ1) is 19.8. The minimum absolute atomic E-state index is 0.150. The molecule has 1 N–H and O–H groups in total. The Morgan fingerprint density at radius 3 is 2.74 bits per heavy atom. The Bertz CT molecular complexity index is 708. The van der Waals surface area contributed by atoms with Crippen LogP contribution in [0, 0.1) is 5.92 Å². The number of carbonyl (C=O) groups excluding carboxylic acids is 1. The lowest BCUT2D eigenvalue weighted by Crippen LogP contribution is -2.40. The van der Waals surface area contributed by atoms with Crippen molar-refractivity contribution >= 4 is 17.7 Å². The largest absolute Gasteiger partial charge is 0.356 e. The van der Waals surface area contributed by atoms with Gasteiger partial charge in [0.25, 0.3) is 0 Å². The summed E-state index contributed by atoms with van der Waals surface area (Å²) in [6.45, 7) is 3.77. The summed E-state index contributed by atoms with van der Waals surface area (Å²) in [6.07, 6.45) is 9.54. The van der Waals surface area contributed by atoms with Crippen molar-refractivity contribution in [3.63, 3.8) is 0 Å². The van der Waals surface area contributed by atoms with Gasteiger partial charge in [-0.1, -0.05) is 42.1 Å². The highest BCUT2D eigenvalue weighted by Gasteiger charge is 2.20. The summed E-state index contributed by atoms with van der Waals surface area (Å²) in [6, 6.07) is 10.2. The van der Waals surface area contributed by atoms with Gasteiger partial charge < -0.3 is 5.32 Å². The fraction of sp³-hybridized carbons (Fsp3) is 0.476. The third kappa shape index (κ3) is 6.63. The summed E-state index contributed by atoms with van der Waals surface area (Å²) >= 11 is 1.56. The van der Waals surface area contributed by atoms with Gasteiger partial charge in [-0.25, -0.2) is 9.97 Å². The molecule has 1 aromatic carbocycles. The zero-order chi connectivity index (χ0) is 18.9. The van der Waals surface area contributed by atoms with Crippen molar-refractivity contribution < 1.29 is 4.79 Å². The van der Waals surface area contributed by atoms with Gasteiger partial charge in [0.15, 0.2) is 5.16 Å². The van der Waals surface area contributed by atoms with E-state index in [2.05, 4.69) is 32.3 Å². The van der Waals surface area contributed by atoms with Crippen LogP contribution in [-0.4, -0.2) is 46.7 Å². The standard InChI is InChI=1S/C21H28N4OS/c1-27-21-23-13-19(14-24-21)16-25-11-5-8-18(15-25)12-22-20(26)10-9-17-6-3-2-4-7-17/h2-4,6-7,13-14,18H,5,8-12,15-16H2,1H3,(H,22,26).